The highest BCUT2D eigenvalue weighted by Gasteiger charge is 2.21. The molecule has 0 bridgehead atoms. The van der Waals surface area contributed by atoms with Gasteiger partial charge in [-0.25, -0.2) is 0 Å². The molecule has 0 aliphatic heterocycles. The Bertz CT molecular complexity index is 561. The molecule has 5 heteroatoms. The summed E-state index contributed by atoms with van der Waals surface area (Å²) in [6.07, 6.45) is 5.14. The molecule has 0 unspecified atom stereocenters. The SMILES string of the molecule is CC[C@H](CO)NC(=O)Cc1ccc(N[C@@H]2CCC[C@@H](C#N)C2)cc1. The van der Waals surface area contributed by atoms with Gasteiger partial charge in [-0.2, -0.15) is 5.26 Å². The van der Waals surface area contributed by atoms with E-state index in [4.69, 9.17) is 10.4 Å². The van der Waals surface area contributed by atoms with Crippen LogP contribution in [0.25, 0.3) is 0 Å². The van der Waals surface area contributed by atoms with E-state index in [1.165, 1.54) is 0 Å². The van der Waals surface area contributed by atoms with Crippen LogP contribution in [0.5, 0.6) is 0 Å². The average molecular weight is 329 g/mol. The quantitative estimate of drug-likeness (QED) is 0.718. The highest BCUT2D eigenvalue weighted by Crippen LogP contribution is 2.26. The number of nitrogens with one attached hydrogen (secondary N) is 2. The smallest absolute Gasteiger partial charge is 0.224 e. The highest BCUT2D eigenvalue weighted by atomic mass is 16.3. The van der Waals surface area contributed by atoms with Crippen molar-refractivity contribution in [2.45, 2.75) is 57.5 Å². The number of nitriles is 1. The van der Waals surface area contributed by atoms with Gasteiger partial charge in [0, 0.05) is 17.6 Å². The first-order chi connectivity index (χ1) is 11.6. The van der Waals surface area contributed by atoms with Crippen molar-refractivity contribution in [3.05, 3.63) is 29.8 Å². The van der Waals surface area contributed by atoms with Crippen LogP contribution in [-0.2, 0) is 11.2 Å². The maximum Gasteiger partial charge on any atom is 0.224 e. The summed E-state index contributed by atoms with van der Waals surface area (Å²) >= 11 is 0. The summed E-state index contributed by atoms with van der Waals surface area (Å²) in [7, 11) is 0. The third kappa shape index (κ3) is 5.54. The van der Waals surface area contributed by atoms with Gasteiger partial charge in [-0.3, -0.25) is 4.79 Å². The van der Waals surface area contributed by atoms with E-state index in [-0.39, 0.29) is 24.5 Å². The fourth-order valence-corrected chi connectivity index (χ4v) is 3.13. The summed E-state index contributed by atoms with van der Waals surface area (Å²) in [6, 6.07) is 10.4. The number of amides is 1. The van der Waals surface area contributed by atoms with Gasteiger partial charge in [0.15, 0.2) is 0 Å². The summed E-state index contributed by atoms with van der Waals surface area (Å²) in [5, 5.41) is 24.5. The molecule has 0 aromatic heterocycles. The van der Waals surface area contributed by atoms with Crippen molar-refractivity contribution in [2.24, 2.45) is 5.92 Å². The Balaban J connectivity index is 1.84. The second-order valence-electron chi connectivity index (χ2n) is 6.56. The summed E-state index contributed by atoms with van der Waals surface area (Å²) in [5.41, 5.74) is 1.98. The van der Waals surface area contributed by atoms with Crippen molar-refractivity contribution in [1.82, 2.24) is 5.32 Å². The van der Waals surface area contributed by atoms with Crippen molar-refractivity contribution < 1.29 is 9.90 Å². The van der Waals surface area contributed by atoms with Crippen molar-refractivity contribution in [2.75, 3.05) is 11.9 Å². The van der Waals surface area contributed by atoms with Gasteiger partial charge in [-0.05, 0) is 43.4 Å². The molecule has 1 fully saturated rings. The molecule has 1 aliphatic rings. The zero-order valence-corrected chi connectivity index (χ0v) is 14.3. The lowest BCUT2D eigenvalue weighted by molar-refractivity contribution is -0.121. The van der Waals surface area contributed by atoms with Crippen molar-refractivity contribution in [3.8, 4) is 6.07 Å². The molecule has 3 atom stereocenters. The molecular formula is C19H27N3O2. The lowest BCUT2D eigenvalue weighted by Gasteiger charge is -2.27. The van der Waals surface area contributed by atoms with Crippen LogP contribution in [0.3, 0.4) is 0 Å². The topological polar surface area (TPSA) is 85.2 Å². The van der Waals surface area contributed by atoms with Gasteiger partial charge < -0.3 is 15.7 Å². The second kappa shape index (κ2) is 9.29. The Hall–Kier alpha value is -2.06. The maximum atomic E-state index is 11.9. The monoisotopic (exact) mass is 329 g/mol. The second-order valence-corrected chi connectivity index (χ2v) is 6.56. The first-order valence-corrected chi connectivity index (χ1v) is 8.80. The normalized spacial score (nSPS) is 21.5. The number of aliphatic hydroxyl groups excluding tert-OH is 1. The number of benzene rings is 1. The average Bonchev–Trinajstić information content (AvgIpc) is 2.61. The minimum absolute atomic E-state index is 0.0316. The minimum Gasteiger partial charge on any atom is -0.394 e. The molecular weight excluding hydrogens is 302 g/mol. The molecule has 24 heavy (non-hydrogen) atoms. The minimum atomic E-state index is -0.169. The van der Waals surface area contributed by atoms with Gasteiger partial charge >= 0.3 is 0 Å². The number of nitrogens with zero attached hydrogens (tertiary/aromatic N) is 1. The summed E-state index contributed by atoms with van der Waals surface area (Å²) in [5.74, 6) is 0.0954. The first kappa shape index (κ1) is 18.3. The molecule has 0 saturated heterocycles. The highest BCUT2D eigenvalue weighted by molar-refractivity contribution is 5.79. The van der Waals surface area contributed by atoms with Gasteiger partial charge in [0.1, 0.15) is 0 Å². The van der Waals surface area contributed by atoms with E-state index in [1.54, 1.807) is 0 Å². The number of anilines is 1. The molecule has 130 valence electrons. The maximum absolute atomic E-state index is 11.9. The van der Waals surface area contributed by atoms with Crippen LogP contribution in [0.4, 0.5) is 5.69 Å². The van der Waals surface area contributed by atoms with E-state index in [2.05, 4.69) is 16.7 Å². The van der Waals surface area contributed by atoms with E-state index >= 15 is 0 Å². The summed E-state index contributed by atoms with van der Waals surface area (Å²) in [6.45, 7) is 1.90. The van der Waals surface area contributed by atoms with Crippen LogP contribution in [0.1, 0.15) is 44.6 Å². The summed E-state index contributed by atoms with van der Waals surface area (Å²) in [4.78, 5) is 11.9. The largest absolute Gasteiger partial charge is 0.394 e. The van der Waals surface area contributed by atoms with E-state index in [0.717, 1.165) is 43.4 Å². The van der Waals surface area contributed by atoms with Gasteiger partial charge in [0.25, 0.3) is 0 Å². The number of carbonyl (C=O) groups is 1. The number of rotatable bonds is 7. The van der Waals surface area contributed by atoms with E-state index in [0.29, 0.717) is 12.5 Å². The van der Waals surface area contributed by atoms with Gasteiger partial charge in [0.05, 0.1) is 25.1 Å². The molecule has 1 aromatic rings. The lowest BCUT2D eigenvalue weighted by atomic mass is 9.86. The van der Waals surface area contributed by atoms with Gasteiger partial charge in [0.2, 0.25) is 5.91 Å². The molecule has 0 spiro atoms. The third-order valence-corrected chi connectivity index (χ3v) is 4.62. The molecule has 1 saturated carbocycles. The molecule has 5 nitrogen and oxygen atoms in total. The van der Waals surface area contributed by atoms with Crippen LogP contribution in [0.2, 0.25) is 0 Å². The number of carbonyl (C=O) groups excluding carboxylic acids is 1. The fourth-order valence-electron chi connectivity index (χ4n) is 3.13. The fraction of sp³-hybridized carbons (Fsp3) is 0.579. The number of hydrogen-bond donors (Lipinski definition) is 3. The van der Waals surface area contributed by atoms with Crippen molar-refractivity contribution in [1.29, 1.82) is 5.26 Å². The molecule has 2 rings (SSSR count). The van der Waals surface area contributed by atoms with Gasteiger partial charge in [-0.15, -0.1) is 0 Å². The Labute approximate surface area is 144 Å². The Kier molecular flexibility index (Phi) is 7.07. The third-order valence-electron chi connectivity index (χ3n) is 4.62. The standard InChI is InChI=1S/C19H27N3O2/c1-2-16(13-23)22-19(24)11-14-6-8-17(9-7-14)21-18-5-3-4-15(10-18)12-20/h6-9,15-16,18,21,23H,2-5,10-11,13H2,1H3,(H,22,24)/t15-,16-,18-/m1/s1. The Morgan fingerprint density at radius 3 is 2.75 bits per heavy atom. The van der Waals surface area contributed by atoms with Crippen LogP contribution >= 0.6 is 0 Å². The molecule has 3 N–H and O–H groups in total. The van der Waals surface area contributed by atoms with E-state index in [9.17, 15) is 4.79 Å². The zero-order chi connectivity index (χ0) is 17.4. The Morgan fingerprint density at radius 1 is 1.38 bits per heavy atom. The van der Waals surface area contributed by atoms with E-state index < -0.39 is 0 Å². The van der Waals surface area contributed by atoms with Crippen molar-refractivity contribution >= 4 is 11.6 Å². The van der Waals surface area contributed by atoms with Crippen molar-refractivity contribution in [3.63, 3.8) is 0 Å². The van der Waals surface area contributed by atoms with Crippen LogP contribution in [-0.4, -0.2) is 29.7 Å². The molecule has 1 aromatic carbocycles. The predicted molar refractivity (Wildman–Crippen MR) is 94.4 cm³/mol. The van der Waals surface area contributed by atoms with Crippen LogP contribution in [0, 0.1) is 17.2 Å². The summed E-state index contributed by atoms with van der Waals surface area (Å²) < 4.78 is 0. The van der Waals surface area contributed by atoms with Gasteiger partial charge in [-0.1, -0.05) is 25.5 Å². The van der Waals surface area contributed by atoms with Crippen LogP contribution < -0.4 is 10.6 Å². The number of hydrogen-bond acceptors (Lipinski definition) is 4. The van der Waals surface area contributed by atoms with E-state index in [1.807, 2.05) is 31.2 Å². The number of aliphatic hydroxyl groups is 1. The molecule has 0 radical (unpaired) electrons. The Morgan fingerprint density at radius 2 is 2.12 bits per heavy atom. The molecule has 0 heterocycles. The zero-order valence-electron chi connectivity index (χ0n) is 14.3. The first-order valence-electron chi connectivity index (χ1n) is 8.80. The lowest BCUT2D eigenvalue weighted by Crippen LogP contribution is -2.37. The molecule has 1 amide bonds. The predicted octanol–water partition coefficient (Wildman–Crippen LogP) is 2.61. The molecule has 1 aliphatic carbocycles. The van der Waals surface area contributed by atoms with Crippen LogP contribution in [0.15, 0.2) is 24.3 Å².